The van der Waals surface area contributed by atoms with Crippen molar-refractivity contribution in [1.82, 2.24) is 15.1 Å². The van der Waals surface area contributed by atoms with Gasteiger partial charge in [0.25, 0.3) is 0 Å². The second kappa shape index (κ2) is 9.95. The minimum absolute atomic E-state index is 0.0753. The van der Waals surface area contributed by atoms with E-state index < -0.39 is 0 Å². The molecular formula is C22H39N3O3. The van der Waals surface area contributed by atoms with Crippen LogP contribution in [0, 0.1) is 5.92 Å². The summed E-state index contributed by atoms with van der Waals surface area (Å²) in [7, 11) is 0. The van der Waals surface area contributed by atoms with E-state index in [9.17, 15) is 9.59 Å². The Balaban J connectivity index is 1.57. The van der Waals surface area contributed by atoms with Crippen molar-refractivity contribution in [3.05, 3.63) is 0 Å². The van der Waals surface area contributed by atoms with E-state index >= 15 is 0 Å². The number of nitrogens with zero attached hydrogens (tertiary/aromatic N) is 2. The summed E-state index contributed by atoms with van der Waals surface area (Å²) < 4.78 is 5.34. The van der Waals surface area contributed by atoms with Crippen LogP contribution >= 0.6 is 0 Å². The van der Waals surface area contributed by atoms with Crippen LogP contribution in [0.25, 0.3) is 0 Å². The molecule has 1 aliphatic carbocycles. The highest BCUT2D eigenvalue weighted by molar-refractivity contribution is 5.77. The molecule has 1 saturated carbocycles. The number of amides is 2. The first kappa shape index (κ1) is 21.4. The maximum absolute atomic E-state index is 13.2. The number of esters is 1. The molecule has 2 amide bonds. The minimum Gasteiger partial charge on any atom is -0.463 e. The predicted molar refractivity (Wildman–Crippen MR) is 110 cm³/mol. The Kier molecular flexibility index (Phi) is 7.61. The van der Waals surface area contributed by atoms with Gasteiger partial charge in [-0.1, -0.05) is 19.3 Å². The largest absolute Gasteiger partial charge is 0.463 e. The van der Waals surface area contributed by atoms with Crippen molar-refractivity contribution >= 4 is 12.0 Å². The Morgan fingerprint density at radius 3 is 2.57 bits per heavy atom. The summed E-state index contributed by atoms with van der Waals surface area (Å²) in [5, 5.41) is 3.41. The van der Waals surface area contributed by atoms with E-state index in [0.29, 0.717) is 6.42 Å². The van der Waals surface area contributed by atoms with Gasteiger partial charge in [0.05, 0.1) is 6.10 Å². The molecule has 3 aliphatic rings. The smallest absolute Gasteiger partial charge is 0.320 e. The molecule has 2 heterocycles. The van der Waals surface area contributed by atoms with E-state index in [2.05, 4.69) is 15.1 Å². The fourth-order valence-electron chi connectivity index (χ4n) is 5.26. The number of piperidine rings is 1. The van der Waals surface area contributed by atoms with Gasteiger partial charge in [-0.3, -0.25) is 4.79 Å². The summed E-state index contributed by atoms with van der Waals surface area (Å²) in [6, 6.07) is 0.202. The Labute approximate surface area is 170 Å². The minimum atomic E-state index is -0.144. The third-order valence-corrected chi connectivity index (χ3v) is 6.88. The molecule has 0 aromatic carbocycles. The number of carbonyl (C=O) groups excluding carboxylic acids is 2. The van der Waals surface area contributed by atoms with Crippen molar-refractivity contribution in [3.63, 3.8) is 0 Å². The molecule has 0 atom stereocenters. The lowest BCUT2D eigenvalue weighted by Crippen LogP contribution is -2.52. The monoisotopic (exact) mass is 393 g/mol. The van der Waals surface area contributed by atoms with E-state index in [1.165, 1.54) is 19.3 Å². The molecule has 0 aromatic heterocycles. The molecule has 6 heteroatoms. The van der Waals surface area contributed by atoms with E-state index in [1.807, 2.05) is 13.8 Å². The van der Waals surface area contributed by atoms with Gasteiger partial charge in [0.1, 0.15) is 0 Å². The fourth-order valence-corrected chi connectivity index (χ4v) is 5.26. The van der Waals surface area contributed by atoms with Crippen LogP contribution in [0.1, 0.15) is 78.1 Å². The lowest BCUT2D eigenvalue weighted by Gasteiger charge is -2.44. The summed E-state index contributed by atoms with van der Waals surface area (Å²) in [6.07, 6.45) is 10.2. The molecule has 2 saturated heterocycles. The van der Waals surface area contributed by atoms with E-state index in [1.54, 1.807) is 0 Å². The van der Waals surface area contributed by atoms with Gasteiger partial charge in [0.15, 0.2) is 0 Å². The number of rotatable bonds is 8. The molecule has 0 spiro atoms. The molecule has 28 heavy (non-hydrogen) atoms. The van der Waals surface area contributed by atoms with Gasteiger partial charge in [-0.2, -0.15) is 0 Å². The van der Waals surface area contributed by atoms with Gasteiger partial charge in [-0.25, -0.2) is 4.79 Å². The zero-order valence-corrected chi connectivity index (χ0v) is 17.9. The van der Waals surface area contributed by atoms with Crippen LogP contribution in [0.15, 0.2) is 0 Å². The van der Waals surface area contributed by atoms with Crippen LogP contribution in [0.2, 0.25) is 0 Å². The van der Waals surface area contributed by atoms with Gasteiger partial charge >= 0.3 is 12.0 Å². The topological polar surface area (TPSA) is 61.9 Å². The standard InChI is InChI=1S/C22H39N3O3/c1-18(2)28-20(26)6-12-22(10-4-3-5-11-22)25-17-16-24(21(25)27)15-9-19-7-13-23-14-8-19/h18-19,23H,3-17H2,1-2H3. The zero-order valence-electron chi connectivity index (χ0n) is 17.9. The molecule has 6 nitrogen and oxygen atoms in total. The number of ether oxygens (including phenoxy) is 1. The number of urea groups is 1. The Hall–Kier alpha value is -1.30. The Morgan fingerprint density at radius 1 is 1.18 bits per heavy atom. The average molecular weight is 394 g/mol. The van der Waals surface area contributed by atoms with Crippen molar-refractivity contribution in [3.8, 4) is 0 Å². The van der Waals surface area contributed by atoms with E-state index in [4.69, 9.17) is 4.74 Å². The maximum Gasteiger partial charge on any atom is 0.320 e. The SMILES string of the molecule is CC(C)OC(=O)CCC1(N2CCN(CCC3CCNCC3)C2=O)CCCCC1. The predicted octanol–water partition coefficient (Wildman–Crippen LogP) is 3.55. The fraction of sp³-hybridized carbons (Fsp3) is 0.909. The molecule has 0 aromatic rings. The molecular weight excluding hydrogens is 354 g/mol. The van der Waals surface area contributed by atoms with Gasteiger partial charge in [0, 0.05) is 31.6 Å². The van der Waals surface area contributed by atoms with Crippen molar-refractivity contribution < 1.29 is 14.3 Å². The summed E-state index contributed by atoms with van der Waals surface area (Å²) in [6.45, 7) is 8.52. The lowest BCUT2D eigenvalue weighted by atomic mass is 9.77. The van der Waals surface area contributed by atoms with Crippen LogP contribution in [-0.2, 0) is 9.53 Å². The molecule has 0 bridgehead atoms. The average Bonchev–Trinajstić information content (AvgIpc) is 3.07. The van der Waals surface area contributed by atoms with Crippen molar-refractivity contribution in [2.45, 2.75) is 89.7 Å². The van der Waals surface area contributed by atoms with Crippen LogP contribution < -0.4 is 5.32 Å². The first-order chi connectivity index (χ1) is 13.5. The van der Waals surface area contributed by atoms with Crippen molar-refractivity contribution in [2.24, 2.45) is 5.92 Å². The lowest BCUT2D eigenvalue weighted by molar-refractivity contribution is -0.148. The number of nitrogens with one attached hydrogen (secondary N) is 1. The Morgan fingerprint density at radius 2 is 1.89 bits per heavy atom. The number of hydrogen-bond acceptors (Lipinski definition) is 4. The highest BCUT2D eigenvalue weighted by Crippen LogP contribution is 2.39. The van der Waals surface area contributed by atoms with Gasteiger partial charge in [0.2, 0.25) is 0 Å². The molecule has 0 unspecified atom stereocenters. The van der Waals surface area contributed by atoms with Gasteiger partial charge in [-0.15, -0.1) is 0 Å². The molecule has 2 aliphatic heterocycles. The quantitative estimate of drug-likeness (QED) is 0.641. The van der Waals surface area contributed by atoms with Gasteiger partial charge < -0.3 is 19.9 Å². The summed E-state index contributed by atoms with van der Waals surface area (Å²) in [4.78, 5) is 29.5. The van der Waals surface area contributed by atoms with E-state index in [0.717, 1.165) is 77.2 Å². The third kappa shape index (κ3) is 5.40. The molecule has 3 fully saturated rings. The van der Waals surface area contributed by atoms with Crippen molar-refractivity contribution in [2.75, 3.05) is 32.7 Å². The van der Waals surface area contributed by atoms with Crippen molar-refractivity contribution in [1.29, 1.82) is 0 Å². The van der Waals surface area contributed by atoms with Crippen LogP contribution in [-0.4, -0.2) is 66.2 Å². The molecule has 3 rings (SSSR count). The third-order valence-electron chi connectivity index (χ3n) is 6.88. The zero-order chi connectivity index (χ0) is 20.0. The van der Waals surface area contributed by atoms with Crippen LogP contribution in [0.3, 0.4) is 0 Å². The normalized spacial score (nSPS) is 23.5. The van der Waals surface area contributed by atoms with Gasteiger partial charge in [-0.05, 0) is 71.4 Å². The highest BCUT2D eigenvalue weighted by atomic mass is 16.5. The van der Waals surface area contributed by atoms with Crippen LogP contribution in [0.5, 0.6) is 0 Å². The van der Waals surface area contributed by atoms with E-state index in [-0.39, 0.29) is 23.6 Å². The second-order valence-electron chi connectivity index (χ2n) is 9.23. The molecule has 160 valence electrons. The number of hydrogen-bond donors (Lipinski definition) is 1. The summed E-state index contributed by atoms with van der Waals surface area (Å²) in [5.41, 5.74) is -0.144. The molecule has 0 radical (unpaired) electrons. The first-order valence-electron chi connectivity index (χ1n) is 11.5. The summed E-state index contributed by atoms with van der Waals surface area (Å²) >= 11 is 0. The number of carbonyl (C=O) groups is 2. The Bertz CT molecular complexity index is 525. The first-order valence-corrected chi connectivity index (χ1v) is 11.5. The molecule has 1 N–H and O–H groups in total. The maximum atomic E-state index is 13.2. The van der Waals surface area contributed by atoms with Crippen LogP contribution in [0.4, 0.5) is 4.79 Å². The second-order valence-corrected chi connectivity index (χ2v) is 9.23. The summed E-state index contributed by atoms with van der Waals surface area (Å²) in [5.74, 6) is 0.618. The highest BCUT2D eigenvalue weighted by Gasteiger charge is 2.45.